The summed E-state index contributed by atoms with van der Waals surface area (Å²) >= 11 is 3.17. The molecule has 6 nitrogen and oxygen atoms in total. The van der Waals surface area contributed by atoms with Crippen molar-refractivity contribution in [1.29, 1.82) is 0 Å². The third-order valence-electron chi connectivity index (χ3n) is 5.70. The molecule has 0 radical (unpaired) electrons. The van der Waals surface area contributed by atoms with E-state index in [-0.39, 0.29) is 5.91 Å². The van der Waals surface area contributed by atoms with Gasteiger partial charge in [0.05, 0.1) is 17.4 Å². The van der Waals surface area contributed by atoms with Crippen LogP contribution in [0.2, 0.25) is 0 Å². The van der Waals surface area contributed by atoms with Crippen LogP contribution in [-0.2, 0) is 0 Å². The lowest BCUT2D eigenvalue weighted by atomic mass is 10.2. The summed E-state index contributed by atoms with van der Waals surface area (Å²) in [6.07, 6.45) is 5.73. The highest BCUT2D eigenvalue weighted by Crippen LogP contribution is 2.38. The van der Waals surface area contributed by atoms with E-state index in [0.717, 1.165) is 39.0 Å². The summed E-state index contributed by atoms with van der Waals surface area (Å²) in [6.45, 7) is 6.28. The Morgan fingerprint density at radius 3 is 2.66 bits per heavy atom. The lowest BCUT2D eigenvalue weighted by Crippen LogP contribution is -2.19. The zero-order valence-electron chi connectivity index (χ0n) is 18.0. The van der Waals surface area contributed by atoms with E-state index in [2.05, 4.69) is 39.0 Å². The molecule has 1 amide bonds. The topological polar surface area (TPSA) is 71.0 Å². The fraction of sp³-hybridized carbons (Fsp3) is 0.250. The number of carbonyl (C=O) groups excluding carboxylic acids is 1. The maximum atomic E-state index is 13.1. The number of aromatic nitrogens is 3. The molecule has 1 N–H and O–H groups in total. The molecule has 0 spiro atoms. The van der Waals surface area contributed by atoms with Gasteiger partial charge in [-0.1, -0.05) is 23.9 Å². The molecular formula is C24H23N5OS2. The number of nitrogens with one attached hydrogen (secondary N) is 1. The van der Waals surface area contributed by atoms with Crippen LogP contribution in [0.25, 0.3) is 10.2 Å². The van der Waals surface area contributed by atoms with E-state index in [9.17, 15) is 4.79 Å². The third-order valence-corrected chi connectivity index (χ3v) is 7.90. The van der Waals surface area contributed by atoms with Crippen LogP contribution in [0.1, 0.15) is 33.6 Å². The summed E-state index contributed by atoms with van der Waals surface area (Å²) in [6, 6.07) is 11.5. The third kappa shape index (κ3) is 4.08. The van der Waals surface area contributed by atoms with Crippen LogP contribution in [0, 0.1) is 13.8 Å². The van der Waals surface area contributed by atoms with E-state index < -0.39 is 0 Å². The van der Waals surface area contributed by atoms with Gasteiger partial charge in [0.25, 0.3) is 5.91 Å². The normalized spacial score (nSPS) is 13.6. The average molecular weight is 462 g/mol. The van der Waals surface area contributed by atoms with E-state index in [1.807, 2.05) is 36.4 Å². The second-order valence-electron chi connectivity index (χ2n) is 7.79. The van der Waals surface area contributed by atoms with Gasteiger partial charge in [-0.05, 0) is 56.5 Å². The summed E-state index contributed by atoms with van der Waals surface area (Å²) in [4.78, 5) is 31.9. The van der Waals surface area contributed by atoms with Gasteiger partial charge >= 0.3 is 0 Å². The molecule has 1 aliphatic heterocycles. The maximum absolute atomic E-state index is 13.1. The largest absolute Gasteiger partial charge is 0.357 e. The molecule has 0 saturated carbocycles. The molecule has 1 aliphatic rings. The molecule has 5 rings (SSSR count). The van der Waals surface area contributed by atoms with Crippen molar-refractivity contribution in [3.63, 3.8) is 0 Å². The molecule has 1 saturated heterocycles. The van der Waals surface area contributed by atoms with Crippen LogP contribution >= 0.6 is 23.1 Å². The van der Waals surface area contributed by atoms with Crippen molar-refractivity contribution in [2.24, 2.45) is 0 Å². The average Bonchev–Trinajstić information content (AvgIpc) is 3.44. The number of hydrogen-bond donors (Lipinski definition) is 1. The SMILES string of the molecule is Cc1sc2ncnc(Sc3ccccc3C(=O)Nc3ccc(N4CCCC4)nc3)c2c1C. The first kappa shape index (κ1) is 20.9. The van der Waals surface area contributed by atoms with Crippen molar-refractivity contribution in [3.05, 3.63) is 64.9 Å². The van der Waals surface area contributed by atoms with Crippen molar-refractivity contribution in [2.45, 2.75) is 36.6 Å². The molecule has 1 fully saturated rings. The Kier molecular flexibility index (Phi) is 5.80. The van der Waals surface area contributed by atoms with Crippen molar-refractivity contribution in [2.75, 3.05) is 23.3 Å². The van der Waals surface area contributed by atoms with Gasteiger partial charge in [-0.2, -0.15) is 0 Å². The zero-order chi connectivity index (χ0) is 22.1. The first-order valence-electron chi connectivity index (χ1n) is 10.6. The highest BCUT2D eigenvalue weighted by molar-refractivity contribution is 7.99. The number of thiophene rings is 1. The van der Waals surface area contributed by atoms with Gasteiger partial charge in [-0.3, -0.25) is 4.79 Å². The minimum Gasteiger partial charge on any atom is -0.357 e. The van der Waals surface area contributed by atoms with Gasteiger partial charge < -0.3 is 10.2 Å². The van der Waals surface area contributed by atoms with E-state index in [4.69, 9.17) is 0 Å². The molecule has 4 heterocycles. The van der Waals surface area contributed by atoms with Crippen LogP contribution in [0.5, 0.6) is 0 Å². The maximum Gasteiger partial charge on any atom is 0.256 e. The fourth-order valence-electron chi connectivity index (χ4n) is 3.87. The Balaban J connectivity index is 1.38. The standard InChI is InChI=1S/C24H23N5OS2/c1-15-16(2)31-23-21(15)24(27-14-26-23)32-19-8-4-3-7-18(19)22(30)28-17-9-10-20(25-13-17)29-11-5-6-12-29/h3-4,7-10,13-14H,5-6,11-12H2,1-2H3,(H,28,30). The smallest absolute Gasteiger partial charge is 0.256 e. The molecule has 4 aromatic rings. The van der Waals surface area contributed by atoms with E-state index in [1.54, 1.807) is 23.9 Å². The Morgan fingerprint density at radius 2 is 1.88 bits per heavy atom. The van der Waals surface area contributed by atoms with Crippen LogP contribution in [-0.4, -0.2) is 33.9 Å². The molecule has 0 bridgehead atoms. The van der Waals surface area contributed by atoms with Crippen molar-refractivity contribution in [3.8, 4) is 0 Å². The van der Waals surface area contributed by atoms with Crippen LogP contribution in [0.3, 0.4) is 0 Å². The van der Waals surface area contributed by atoms with Crippen LogP contribution in [0.4, 0.5) is 11.5 Å². The number of pyridine rings is 1. The molecule has 1 aromatic carbocycles. The second kappa shape index (κ2) is 8.88. The molecule has 0 atom stereocenters. The number of benzene rings is 1. The van der Waals surface area contributed by atoms with Gasteiger partial charge in [0.15, 0.2) is 0 Å². The predicted octanol–water partition coefficient (Wildman–Crippen LogP) is 5.71. The number of aryl methyl sites for hydroxylation is 2. The van der Waals surface area contributed by atoms with Gasteiger partial charge in [0.1, 0.15) is 22.0 Å². The highest BCUT2D eigenvalue weighted by atomic mass is 32.2. The summed E-state index contributed by atoms with van der Waals surface area (Å²) in [5.74, 6) is 0.804. The summed E-state index contributed by atoms with van der Waals surface area (Å²) in [7, 11) is 0. The number of nitrogens with zero attached hydrogens (tertiary/aromatic N) is 4. The summed E-state index contributed by atoms with van der Waals surface area (Å²) < 4.78 is 0. The van der Waals surface area contributed by atoms with E-state index in [1.165, 1.54) is 35.0 Å². The second-order valence-corrected chi connectivity index (χ2v) is 10.0. The van der Waals surface area contributed by atoms with Gasteiger partial charge in [0, 0.05) is 28.2 Å². The van der Waals surface area contributed by atoms with Gasteiger partial charge in [-0.25, -0.2) is 15.0 Å². The van der Waals surface area contributed by atoms with Crippen LogP contribution < -0.4 is 10.2 Å². The van der Waals surface area contributed by atoms with Crippen molar-refractivity contribution in [1.82, 2.24) is 15.0 Å². The number of anilines is 2. The Hall–Kier alpha value is -2.97. The number of amides is 1. The molecule has 3 aromatic heterocycles. The molecule has 0 aliphatic carbocycles. The Bertz CT molecular complexity index is 1280. The fourth-order valence-corrected chi connectivity index (χ4v) is 6.01. The first-order chi connectivity index (χ1) is 15.6. The van der Waals surface area contributed by atoms with Gasteiger partial charge in [-0.15, -0.1) is 11.3 Å². The lowest BCUT2D eigenvalue weighted by Gasteiger charge is -2.16. The molecule has 0 unspecified atom stereocenters. The number of carbonyl (C=O) groups is 1. The Labute approximate surface area is 195 Å². The zero-order valence-corrected chi connectivity index (χ0v) is 19.6. The highest BCUT2D eigenvalue weighted by Gasteiger charge is 2.18. The van der Waals surface area contributed by atoms with Crippen molar-refractivity contribution < 1.29 is 4.79 Å². The minimum absolute atomic E-state index is 0.160. The molecule has 32 heavy (non-hydrogen) atoms. The molecule has 8 heteroatoms. The predicted molar refractivity (Wildman–Crippen MR) is 131 cm³/mol. The molecular weight excluding hydrogens is 438 g/mol. The minimum atomic E-state index is -0.160. The summed E-state index contributed by atoms with van der Waals surface area (Å²) in [5, 5.41) is 4.93. The number of fused-ring (bicyclic) bond motifs is 1. The van der Waals surface area contributed by atoms with Crippen molar-refractivity contribution >= 4 is 50.7 Å². The number of hydrogen-bond acceptors (Lipinski definition) is 7. The summed E-state index contributed by atoms with van der Waals surface area (Å²) in [5.41, 5.74) is 2.49. The van der Waals surface area contributed by atoms with Gasteiger partial charge in [0.2, 0.25) is 0 Å². The first-order valence-corrected chi connectivity index (χ1v) is 12.2. The Morgan fingerprint density at radius 1 is 1.06 bits per heavy atom. The van der Waals surface area contributed by atoms with Crippen LogP contribution in [0.15, 0.2) is 58.8 Å². The van der Waals surface area contributed by atoms with E-state index in [0.29, 0.717) is 11.3 Å². The van der Waals surface area contributed by atoms with E-state index >= 15 is 0 Å². The lowest BCUT2D eigenvalue weighted by molar-refractivity contribution is 0.102. The molecule has 162 valence electrons. The quantitative estimate of drug-likeness (QED) is 0.384. The number of rotatable bonds is 5. The monoisotopic (exact) mass is 461 g/mol.